The standard InChI is InChI=1S/C16H25N/c1-12(2)14(5)6-7-15-8-10-16(11-9-15)17-13(3)4/h8-13,17H,5-7H2,1-4H3. The van der Waals surface area contributed by atoms with Gasteiger partial charge in [0.1, 0.15) is 0 Å². The van der Waals surface area contributed by atoms with Crippen molar-refractivity contribution < 1.29 is 0 Å². The van der Waals surface area contributed by atoms with Crippen LogP contribution in [-0.4, -0.2) is 6.04 Å². The zero-order valence-electron chi connectivity index (χ0n) is 11.6. The van der Waals surface area contributed by atoms with Gasteiger partial charge >= 0.3 is 0 Å². The Hall–Kier alpha value is -1.24. The largest absolute Gasteiger partial charge is 0.383 e. The molecular weight excluding hydrogens is 206 g/mol. The maximum atomic E-state index is 4.11. The molecule has 0 unspecified atom stereocenters. The lowest BCUT2D eigenvalue weighted by molar-refractivity contribution is 0.713. The molecule has 0 saturated carbocycles. The van der Waals surface area contributed by atoms with Gasteiger partial charge in [-0.25, -0.2) is 0 Å². The number of aryl methyl sites for hydroxylation is 1. The number of benzene rings is 1. The lowest BCUT2D eigenvalue weighted by Gasteiger charge is -2.11. The summed E-state index contributed by atoms with van der Waals surface area (Å²) in [5.41, 5.74) is 3.93. The number of anilines is 1. The van der Waals surface area contributed by atoms with E-state index in [4.69, 9.17) is 0 Å². The van der Waals surface area contributed by atoms with Gasteiger partial charge in [-0.3, -0.25) is 0 Å². The molecule has 17 heavy (non-hydrogen) atoms. The van der Waals surface area contributed by atoms with Crippen molar-refractivity contribution >= 4 is 5.69 Å². The molecule has 1 aromatic rings. The molecule has 0 aromatic heterocycles. The van der Waals surface area contributed by atoms with Crippen molar-refractivity contribution in [1.29, 1.82) is 0 Å². The highest BCUT2D eigenvalue weighted by Gasteiger charge is 2.01. The van der Waals surface area contributed by atoms with Gasteiger partial charge in [-0.15, -0.1) is 0 Å². The van der Waals surface area contributed by atoms with E-state index < -0.39 is 0 Å². The third kappa shape index (κ3) is 5.08. The molecule has 1 N–H and O–H groups in total. The second-order valence-corrected chi connectivity index (χ2v) is 5.31. The average molecular weight is 231 g/mol. The smallest absolute Gasteiger partial charge is 0.0342 e. The summed E-state index contributed by atoms with van der Waals surface area (Å²) in [6.45, 7) is 12.8. The molecular formula is C16H25N. The van der Waals surface area contributed by atoms with Gasteiger partial charge in [0.15, 0.2) is 0 Å². The molecule has 0 radical (unpaired) electrons. The van der Waals surface area contributed by atoms with Gasteiger partial charge in [-0.1, -0.05) is 38.1 Å². The first kappa shape index (κ1) is 13.8. The van der Waals surface area contributed by atoms with Gasteiger partial charge in [0.05, 0.1) is 0 Å². The summed E-state index contributed by atoms with van der Waals surface area (Å²) in [4.78, 5) is 0. The van der Waals surface area contributed by atoms with Crippen molar-refractivity contribution in [2.24, 2.45) is 5.92 Å². The van der Waals surface area contributed by atoms with Crippen LogP contribution in [0.3, 0.4) is 0 Å². The number of hydrogen-bond donors (Lipinski definition) is 1. The van der Waals surface area contributed by atoms with Gasteiger partial charge in [0, 0.05) is 11.7 Å². The first-order valence-corrected chi connectivity index (χ1v) is 6.52. The van der Waals surface area contributed by atoms with Crippen molar-refractivity contribution in [3.05, 3.63) is 42.0 Å². The molecule has 1 aromatic carbocycles. The summed E-state index contributed by atoms with van der Waals surface area (Å²) in [6, 6.07) is 9.22. The Labute approximate surface area is 106 Å². The van der Waals surface area contributed by atoms with Gasteiger partial charge in [-0.2, -0.15) is 0 Å². The Bertz CT molecular complexity index is 346. The van der Waals surface area contributed by atoms with Crippen LogP contribution in [0, 0.1) is 5.92 Å². The van der Waals surface area contributed by atoms with Gasteiger partial charge in [0.25, 0.3) is 0 Å². The summed E-state index contributed by atoms with van der Waals surface area (Å²) in [7, 11) is 0. The Morgan fingerprint density at radius 1 is 1.12 bits per heavy atom. The first-order chi connectivity index (χ1) is 7.99. The summed E-state index contributed by atoms with van der Waals surface area (Å²) in [5, 5.41) is 3.40. The molecule has 0 aliphatic carbocycles. The number of hydrogen-bond acceptors (Lipinski definition) is 1. The van der Waals surface area contributed by atoms with E-state index in [0.717, 1.165) is 12.8 Å². The highest BCUT2D eigenvalue weighted by Crippen LogP contribution is 2.17. The number of rotatable bonds is 6. The second-order valence-electron chi connectivity index (χ2n) is 5.31. The highest BCUT2D eigenvalue weighted by atomic mass is 14.9. The molecule has 0 spiro atoms. The van der Waals surface area contributed by atoms with E-state index in [9.17, 15) is 0 Å². The zero-order chi connectivity index (χ0) is 12.8. The Kier molecular flexibility index (Phi) is 5.27. The summed E-state index contributed by atoms with van der Waals surface area (Å²) >= 11 is 0. The molecule has 0 heterocycles. The molecule has 94 valence electrons. The molecule has 0 saturated heterocycles. The summed E-state index contributed by atoms with van der Waals surface area (Å²) in [6.07, 6.45) is 2.19. The third-order valence-electron chi connectivity index (χ3n) is 2.96. The predicted octanol–water partition coefficient (Wildman–Crippen LogP) is 4.65. The fourth-order valence-corrected chi connectivity index (χ4v) is 1.69. The van der Waals surface area contributed by atoms with Crippen LogP contribution < -0.4 is 5.32 Å². The van der Waals surface area contributed by atoms with E-state index in [1.165, 1.54) is 16.8 Å². The van der Waals surface area contributed by atoms with E-state index in [-0.39, 0.29) is 0 Å². The zero-order valence-corrected chi connectivity index (χ0v) is 11.6. The molecule has 1 heteroatoms. The van der Waals surface area contributed by atoms with Crippen molar-refractivity contribution in [1.82, 2.24) is 0 Å². The molecule has 1 nitrogen and oxygen atoms in total. The molecule has 0 bridgehead atoms. The van der Waals surface area contributed by atoms with Crippen LogP contribution in [0.15, 0.2) is 36.4 Å². The maximum absolute atomic E-state index is 4.11. The van der Waals surface area contributed by atoms with Gasteiger partial charge < -0.3 is 5.32 Å². The van der Waals surface area contributed by atoms with E-state index in [2.05, 4.69) is 63.9 Å². The number of allylic oxidation sites excluding steroid dienone is 1. The van der Waals surface area contributed by atoms with Crippen molar-refractivity contribution in [2.75, 3.05) is 5.32 Å². The molecule has 0 atom stereocenters. The monoisotopic (exact) mass is 231 g/mol. The van der Waals surface area contributed by atoms with Crippen LogP contribution in [0.1, 0.15) is 39.7 Å². The Morgan fingerprint density at radius 2 is 1.71 bits per heavy atom. The van der Waals surface area contributed by atoms with E-state index >= 15 is 0 Å². The van der Waals surface area contributed by atoms with E-state index in [1.807, 2.05) is 0 Å². The Morgan fingerprint density at radius 3 is 2.18 bits per heavy atom. The van der Waals surface area contributed by atoms with Crippen LogP contribution >= 0.6 is 0 Å². The Balaban J connectivity index is 2.48. The van der Waals surface area contributed by atoms with Crippen molar-refractivity contribution in [3.63, 3.8) is 0 Å². The van der Waals surface area contributed by atoms with Crippen LogP contribution in [-0.2, 0) is 6.42 Å². The minimum atomic E-state index is 0.488. The number of nitrogens with one attached hydrogen (secondary N) is 1. The average Bonchev–Trinajstić information content (AvgIpc) is 2.26. The summed E-state index contributed by atoms with van der Waals surface area (Å²) < 4.78 is 0. The minimum Gasteiger partial charge on any atom is -0.383 e. The lowest BCUT2D eigenvalue weighted by Crippen LogP contribution is -2.09. The van der Waals surface area contributed by atoms with Crippen LogP contribution in [0.4, 0.5) is 5.69 Å². The quantitative estimate of drug-likeness (QED) is 0.703. The molecule has 0 aliphatic heterocycles. The van der Waals surface area contributed by atoms with Crippen molar-refractivity contribution in [2.45, 2.75) is 46.6 Å². The molecule has 0 amide bonds. The fourth-order valence-electron chi connectivity index (χ4n) is 1.69. The molecule has 0 aliphatic rings. The van der Waals surface area contributed by atoms with Crippen LogP contribution in [0.2, 0.25) is 0 Å². The first-order valence-electron chi connectivity index (χ1n) is 6.52. The minimum absolute atomic E-state index is 0.488. The van der Waals surface area contributed by atoms with Gasteiger partial charge in [-0.05, 0) is 50.3 Å². The van der Waals surface area contributed by atoms with E-state index in [0.29, 0.717) is 12.0 Å². The third-order valence-corrected chi connectivity index (χ3v) is 2.96. The topological polar surface area (TPSA) is 12.0 Å². The summed E-state index contributed by atoms with van der Waals surface area (Å²) in [5.74, 6) is 0.594. The predicted molar refractivity (Wildman–Crippen MR) is 77.5 cm³/mol. The molecule has 0 fully saturated rings. The van der Waals surface area contributed by atoms with Crippen LogP contribution in [0.25, 0.3) is 0 Å². The fraction of sp³-hybridized carbons (Fsp3) is 0.500. The highest BCUT2D eigenvalue weighted by molar-refractivity contribution is 5.45. The SMILES string of the molecule is C=C(CCc1ccc(NC(C)C)cc1)C(C)C. The maximum Gasteiger partial charge on any atom is 0.0342 e. The second kappa shape index (κ2) is 6.48. The normalized spacial score (nSPS) is 10.9. The van der Waals surface area contributed by atoms with Crippen molar-refractivity contribution in [3.8, 4) is 0 Å². The van der Waals surface area contributed by atoms with Gasteiger partial charge in [0.2, 0.25) is 0 Å². The van der Waals surface area contributed by atoms with Crippen LogP contribution in [0.5, 0.6) is 0 Å². The molecule has 1 rings (SSSR count). The van der Waals surface area contributed by atoms with E-state index in [1.54, 1.807) is 0 Å². The lowest BCUT2D eigenvalue weighted by atomic mass is 9.97.